The molecule has 0 aliphatic carbocycles. The molecule has 0 fully saturated rings. The van der Waals surface area contributed by atoms with Gasteiger partial charge in [-0.2, -0.15) is 0 Å². The zero-order chi connectivity index (χ0) is 15.2. The minimum absolute atomic E-state index is 0.114. The number of thioether (sulfide) groups is 1. The van der Waals surface area contributed by atoms with Crippen LogP contribution >= 0.6 is 11.8 Å². The number of carbonyl (C=O) groups excluding carboxylic acids is 1. The highest BCUT2D eigenvalue weighted by atomic mass is 32.2. The van der Waals surface area contributed by atoms with Crippen molar-refractivity contribution in [2.24, 2.45) is 0 Å². The molecule has 0 aliphatic heterocycles. The number of nitrogens with one attached hydrogen (secondary N) is 1. The lowest BCUT2D eigenvalue weighted by Crippen LogP contribution is -2.18. The molecule has 110 valence electrons. The molecule has 0 spiro atoms. The van der Waals surface area contributed by atoms with Crippen LogP contribution in [0.15, 0.2) is 24.3 Å². The number of rotatable bonds is 6. The summed E-state index contributed by atoms with van der Waals surface area (Å²) in [6, 6.07) is 4.81. The van der Waals surface area contributed by atoms with Gasteiger partial charge in [0.2, 0.25) is 5.91 Å². The van der Waals surface area contributed by atoms with E-state index in [1.54, 1.807) is 0 Å². The summed E-state index contributed by atoms with van der Waals surface area (Å²) in [5, 5.41) is 10.7. The van der Waals surface area contributed by atoms with Crippen molar-refractivity contribution >= 4 is 29.3 Å². The van der Waals surface area contributed by atoms with Crippen molar-refractivity contribution in [3.05, 3.63) is 24.3 Å². The minimum atomic E-state index is -4.81. The molecule has 0 heterocycles. The topological polar surface area (TPSA) is 75.6 Å². The van der Waals surface area contributed by atoms with Crippen molar-refractivity contribution in [1.29, 1.82) is 0 Å². The SMILES string of the molecule is O=C(O)CSCC(=O)Nc1cccc(OC(F)(F)F)c1. The molecule has 0 radical (unpaired) electrons. The summed E-state index contributed by atoms with van der Waals surface area (Å²) < 4.78 is 39.7. The van der Waals surface area contributed by atoms with Crippen LogP contribution in [0.25, 0.3) is 0 Å². The van der Waals surface area contributed by atoms with Crippen LogP contribution in [0.2, 0.25) is 0 Å². The van der Waals surface area contributed by atoms with E-state index >= 15 is 0 Å². The molecular formula is C11H10F3NO4S. The van der Waals surface area contributed by atoms with E-state index in [1.165, 1.54) is 12.1 Å². The Balaban J connectivity index is 2.53. The van der Waals surface area contributed by atoms with Crippen LogP contribution in [0, 0.1) is 0 Å². The summed E-state index contributed by atoms with van der Waals surface area (Å²) in [4.78, 5) is 21.6. The molecule has 0 bridgehead atoms. The van der Waals surface area contributed by atoms with Gasteiger partial charge in [0.1, 0.15) is 5.75 Å². The van der Waals surface area contributed by atoms with Crippen LogP contribution in [-0.4, -0.2) is 34.9 Å². The molecule has 5 nitrogen and oxygen atoms in total. The van der Waals surface area contributed by atoms with E-state index in [4.69, 9.17) is 5.11 Å². The predicted molar refractivity (Wildman–Crippen MR) is 66.7 cm³/mol. The number of benzene rings is 1. The second-order valence-electron chi connectivity index (χ2n) is 3.51. The molecular weight excluding hydrogens is 299 g/mol. The Bertz CT molecular complexity index is 493. The maximum Gasteiger partial charge on any atom is 0.573 e. The number of alkyl halides is 3. The first-order chi connectivity index (χ1) is 9.26. The monoisotopic (exact) mass is 309 g/mol. The standard InChI is InChI=1S/C11H10F3NO4S/c12-11(13,14)19-8-3-1-2-7(4-8)15-9(16)5-20-6-10(17)18/h1-4H,5-6H2,(H,15,16)(H,17,18). The van der Waals surface area contributed by atoms with Gasteiger partial charge in [-0.15, -0.1) is 24.9 Å². The number of hydrogen-bond donors (Lipinski definition) is 2. The van der Waals surface area contributed by atoms with Crippen molar-refractivity contribution < 1.29 is 32.6 Å². The average Bonchev–Trinajstić information content (AvgIpc) is 2.26. The second kappa shape index (κ2) is 7.04. The van der Waals surface area contributed by atoms with Gasteiger partial charge in [0, 0.05) is 11.8 Å². The van der Waals surface area contributed by atoms with Gasteiger partial charge < -0.3 is 15.2 Å². The van der Waals surface area contributed by atoms with E-state index in [0.717, 1.165) is 23.9 Å². The fourth-order valence-corrected chi connectivity index (χ4v) is 1.73. The predicted octanol–water partition coefficient (Wildman–Crippen LogP) is 2.34. The van der Waals surface area contributed by atoms with Gasteiger partial charge in [-0.3, -0.25) is 9.59 Å². The normalized spacial score (nSPS) is 10.9. The van der Waals surface area contributed by atoms with Gasteiger partial charge in [-0.05, 0) is 12.1 Å². The third-order valence-electron chi connectivity index (χ3n) is 1.81. The van der Waals surface area contributed by atoms with E-state index < -0.39 is 24.0 Å². The van der Waals surface area contributed by atoms with Gasteiger partial charge in [0.15, 0.2) is 0 Å². The molecule has 0 unspecified atom stereocenters. The molecule has 0 saturated carbocycles. The Morgan fingerprint density at radius 2 is 2.00 bits per heavy atom. The Kier molecular flexibility index (Phi) is 5.68. The summed E-state index contributed by atoms with van der Waals surface area (Å²) in [7, 11) is 0. The minimum Gasteiger partial charge on any atom is -0.481 e. The molecule has 1 aromatic carbocycles. The summed E-state index contributed by atoms with van der Waals surface area (Å²) >= 11 is 0.880. The van der Waals surface area contributed by atoms with Crippen molar-refractivity contribution in [2.45, 2.75) is 6.36 Å². The number of halogens is 3. The Hall–Kier alpha value is -1.90. The third kappa shape index (κ3) is 6.88. The fraction of sp³-hybridized carbons (Fsp3) is 0.273. The van der Waals surface area contributed by atoms with Gasteiger partial charge >= 0.3 is 12.3 Å². The second-order valence-corrected chi connectivity index (χ2v) is 4.50. The first-order valence-electron chi connectivity index (χ1n) is 5.21. The Morgan fingerprint density at radius 1 is 1.30 bits per heavy atom. The van der Waals surface area contributed by atoms with Crippen LogP contribution in [-0.2, 0) is 9.59 Å². The van der Waals surface area contributed by atoms with Gasteiger partial charge in [0.05, 0.1) is 11.5 Å². The zero-order valence-corrected chi connectivity index (χ0v) is 10.8. The van der Waals surface area contributed by atoms with Crippen LogP contribution in [0.3, 0.4) is 0 Å². The summed E-state index contributed by atoms with van der Waals surface area (Å²) in [5.74, 6) is -2.36. The smallest absolute Gasteiger partial charge is 0.481 e. The van der Waals surface area contributed by atoms with E-state index in [1.807, 2.05) is 0 Å². The van der Waals surface area contributed by atoms with Gasteiger partial charge in [-0.1, -0.05) is 6.07 Å². The summed E-state index contributed by atoms with van der Waals surface area (Å²) in [6.07, 6.45) is -4.81. The maximum absolute atomic E-state index is 12.0. The maximum atomic E-state index is 12.0. The molecule has 0 saturated heterocycles. The van der Waals surface area contributed by atoms with E-state index in [9.17, 15) is 22.8 Å². The highest BCUT2D eigenvalue weighted by Crippen LogP contribution is 2.25. The molecule has 0 atom stereocenters. The number of hydrogen-bond acceptors (Lipinski definition) is 4. The molecule has 2 N–H and O–H groups in total. The average molecular weight is 309 g/mol. The molecule has 1 amide bonds. The fourth-order valence-electron chi connectivity index (χ4n) is 1.20. The summed E-state index contributed by atoms with van der Waals surface area (Å²) in [6.45, 7) is 0. The number of ether oxygens (including phenoxy) is 1. The molecule has 0 aliphatic rings. The highest BCUT2D eigenvalue weighted by Gasteiger charge is 2.31. The summed E-state index contributed by atoms with van der Waals surface area (Å²) in [5.41, 5.74) is 0.132. The highest BCUT2D eigenvalue weighted by molar-refractivity contribution is 8.00. The molecule has 20 heavy (non-hydrogen) atoms. The number of carboxylic acid groups (broad SMARTS) is 1. The van der Waals surface area contributed by atoms with Crippen molar-refractivity contribution in [3.63, 3.8) is 0 Å². The van der Waals surface area contributed by atoms with Crippen molar-refractivity contribution in [1.82, 2.24) is 0 Å². The number of anilines is 1. The van der Waals surface area contributed by atoms with E-state index in [-0.39, 0.29) is 17.2 Å². The Labute approximate surface area is 116 Å². The van der Waals surface area contributed by atoms with Crippen LogP contribution < -0.4 is 10.1 Å². The third-order valence-corrected chi connectivity index (χ3v) is 2.73. The van der Waals surface area contributed by atoms with Gasteiger partial charge in [0.25, 0.3) is 0 Å². The first kappa shape index (κ1) is 16.2. The zero-order valence-electron chi connectivity index (χ0n) is 9.94. The number of carboxylic acids is 1. The lowest BCUT2D eigenvalue weighted by molar-refractivity contribution is -0.274. The van der Waals surface area contributed by atoms with Crippen molar-refractivity contribution in [2.75, 3.05) is 16.8 Å². The van der Waals surface area contributed by atoms with Crippen LogP contribution in [0.5, 0.6) is 5.75 Å². The molecule has 1 aromatic rings. The first-order valence-corrected chi connectivity index (χ1v) is 6.37. The van der Waals surface area contributed by atoms with Gasteiger partial charge in [-0.25, -0.2) is 0 Å². The molecule has 0 aromatic heterocycles. The lowest BCUT2D eigenvalue weighted by Gasteiger charge is -2.10. The molecule has 9 heteroatoms. The number of amides is 1. The van der Waals surface area contributed by atoms with E-state index in [0.29, 0.717) is 0 Å². The molecule has 1 rings (SSSR count). The van der Waals surface area contributed by atoms with Crippen molar-refractivity contribution in [3.8, 4) is 5.75 Å². The Morgan fingerprint density at radius 3 is 2.60 bits per heavy atom. The van der Waals surface area contributed by atoms with E-state index in [2.05, 4.69) is 10.1 Å². The number of carbonyl (C=O) groups is 2. The van der Waals surface area contributed by atoms with Crippen LogP contribution in [0.1, 0.15) is 0 Å². The van der Waals surface area contributed by atoms with Crippen LogP contribution in [0.4, 0.5) is 18.9 Å². The largest absolute Gasteiger partial charge is 0.573 e. The lowest BCUT2D eigenvalue weighted by atomic mass is 10.3. The quantitative estimate of drug-likeness (QED) is 0.843. The number of aliphatic carboxylic acids is 1.